The Bertz CT molecular complexity index is 123. The third kappa shape index (κ3) is 1.24. The fourth-order valence-corrected chi connectivity index (χ4v) is 2.20. The van der Waals surface area contributed by atoms with Crippen LogP contribution in [0.4, 0.5) is 0 Å². The Kier molecular flexibility index (Phi) is 1.95. The second-order valence-corrected chi connectivity index (χ2v) is 5.13. The highest BCUT2D eigenvalue weighted by molar-refractivity contribution is 8.34. The van der Waals surface area contributed by atoms with Crippen molar-refractivity contribution in [1.29, 1.82) is 0 Å². The van der Waals surface area contributed by atoms with Crippen molar-refractivity contribution in [2.75, 3.05) is 0 Å². The maximum atomic E-state index is 10.2. The number of rotatable bonds is 1. The summed E-state index contributed by atoms with van der Waals surface area (Å²) in [5, 5.41) is 3.73. The Morgan fingerprint density at radius 1 is 1.50 bits per heavy atom. The highest BCUT2D eigenvalue weighted by Gasteiger charge is 2.27. The van der Waals surface area contributed by atoms with Gasteiger partial charge in [-0.3, -0.25) is 4.79 Å². The summed E-state index contributed by atoms with van der Waals surface area (Å²) in [5.41, 5.74) is 0. The number of carbonyl (C=O) groups is 1. The Balaban J connectivity index is 2.58. The molecular weight excluding hydrogens is 160 g/mol. The summed E-state index contributed by atoms with van der Waals surface area (Å²) in [6, 6.07) is 0. The van der Waals surface area contributed by atoms with Crippen molar-refractivity contribution >= 4 is 42.4 Å². The van der Waals surface area contributed by atoms with Crippen molar-refractivity contribution < 1.29 is 4.79 Å². The summed E-state index contributed by atoms with van der Waals surface area (Å²) in [5.74, 6) is 0. The molecule has 0 bridgehead atoms. The Hall–Kier alpha value is 0.460. The van der Waals surface area contributed by atoms with E-state index >= 15 is 0 Å². The number of hydrogen-bond acceptors (Lipinski definition) is 4. The van der Waals surface area contributed by atoms with Gasteiger partial charge in [0, 0.05) is 0 Å². The van der Waals surface area contributed by atoms with Gasteiger partial charge >= 0.3 is 0 Å². The lowest BCUT2D eigenvalue weighted by atomic mass is 10.9. The number of aldehydes is 1. The molecule has 0 radical (unpaired) electrons. The van der Waals surface area contributed by atoms with Crippen molar-refractivity contribution in [2.24, 2.45) is 0 Å². The van der Waals surface area contributed by atoms with Crippen molar-refractivity contribution in [2.45, 2.75) is 3.41 Å². The zero-order chi connectivity index (χ0) is 6.04. The molecule has 0 fully saturated rings. The number of thioether (sulfide) groups is 2. The Labute approximate surface area is 61.7 Å². The van der Waals surface area contributed by atoms with E-state index in [4.69, 9.17) is 0 Å². The summed E-state index contributed by atoms with van der Waals surface area (Å²) in [6.07, 6.45) is 0.839. The summed E-state index contributed by atoms with van der Waals surface area (Å²) >= 11 is 6.92. The van der Waals surface area contributed by atoms with Gasteiger partial charge in [0.2, 0.25) is 0 Å². The number of thiol groups is 1. The van der Waals surface area contributed by atoms with Crippen LogP contribution in [-0.4, -0.2) is 9.70 Å². The predicted molar refractivity (Wildman–Crippen MR) is 42.1 cm³/mol. The first-order chi connectivity index (χ1) is 3.77. The average molecular weight is 164 g/mol. The first-order valence-corrected chi connectivity index (χ1v) is 4.17. The molecule has 1 rings (SSSR count). The summed E-state index contributed by atoms with van der Waals surface area (Å²) in [7, 11) is 0. The number of hydrogen-bond donors (Lipinski definition) is 1. The predicted octanol–water partition coefficient (Wildman–Crippen LogP) is 1.72. The summed E-state index contributed by atoms with van der Waals surface area (Å²) < 4.78 is -0.528. The zero-order valence-electron chi connectivity index (χ0n) is 3.90. The molecular formula is C4H4OS3. The molecule has 0 saturated heterocycles. The standard InChI is InChI=1S/C4H4OS3/c5-3-4(6)7-1-2-8-4/h1-3,6H. The number of carbonyl (C=O) groups excluding carboxylic acids is 1. The monoisotopic (exact) mass is 164 g/mol. The van der Waals surface area contributed by atoms with Gasteiger partial charge in [0.05, 0.1) is 0 Å². The van der Waals surface area contributed by atoms with Crippen LogP contribution in [0.3, 0.4) is 0 Å². The molecule has 0 aromatic heterocycles. The highest BCUT2D eigenvalue weighted by atomic mass is 32.3. The summed E-state index contributed by atoms with van der Waals surface area (Å²) in [4.78, 5) is 10.2. The van der Waals surface area contributed by atoms with Crippen LogP contribution in [0.2, 0.25) is 0 Å². The lowest BCUT2D eigenvalue weighted by molar-refractivity contribution is -0.106. The van der Waals surface area contributed by atoms with E-state index in [1.807, 2.05) is 10.8 Å². The van der Waals surface area contributed by atoms with E-state index in [0.717, 1.165) is 6.29 Å². The van der Waals surface area contributed by atoms with Gasteiger partial charge in [-0.25, -0.2) is 0 Å². The molecule has 0 atom stereocenters. The van der Waals surface area contributed by atoms with Crippen LogP contribution in [0.5, 0.6) is 0 Å². The van der Waals surface area contributed by atoms with E-state index in [-0.39, 0.29) is 0 Å². The molecule has 1 nitrogen and oxygen atoms in total. The lowest BCUT2D eigenvalue weighted by Crippen LogP contribution is -2.07. The van der Waals surface area contributed by atoms with Crippen molar-refractivity contribution in [1.82, 2.24) is 0 Å². The lowest BCUT2D eigenvalue weighted by Gasteiger charge is -2.08. The molecule has 0 aromatic carbocycles. The van der Waals surface area contributed by atoms with Crippen LogP contribution in [0, 0.1) is 0 Å². The molecule has 8 heavy (non-hydrogen) atoms. The van der Waals surface area contributed by atoms with Gasteiger partial charge in [-0.05, 0) is 10.8 Å². The molecule has 4 heteroatoms. The van der Waals surface area contributed by atoms with Crippen LogP contribution in [0.15, 0.2) is 10.8 Å². The van der Waals surface area contributed by atoms with E-state index < -0.39 is 3.41 Å². The van der Waals surface area contributed by atoms with Crippen LogP contribution in [-0.2, 0) is 4.79 Å². The van der Waals surface area contributed by atoms with Crippen molar-refractivity contribution in [3.05, 3.63) is 10.8 Å². The minimum Gasteiger partial charge on any atom is -0.300 e. The zero-order valence-corrected chi connectivity index (χ0v) is 6.43. The largest absolute Gasteiger partial charge is 0.300 e. The molecule has 0 amide bonds. The quantitative estimate of drug-likeness (QED) is 0.470. The molecule has 0 aromatic rings. The van der Waals surface area contributed by atoms with E-state index in [1.54, 1.807) is 0 Å². The second kappa shape index (κ2) is 2.37. The normalized spacial score (nSPS) is 23.6. The minimum atomic E-state index is -0.528. The van der Waals surface area contributed by atoms with E-state index in [2.05, 4.69) is 12.6 Å². The summed E-state index contributed by atoms with van der Waals surface area (Å²) in [6.45, 7) is 0. The molecule has 0 N–H and O–H groups in total. The van der Waals surface area contributed by atoms with Gasteiger partial charge in [-0.1, -0.05) is 23.5 Å². The second-order valence-electron chi connectivity index (χ2n) is 1.26. The molecule has 1 aliphatic heterocycles. The van der Waals surface area contributed by atoms with Crippen molar-refractivity contribution in [3.8, 4) is 0 Å². The fraction of sp³-hybridized carbons (Fsp3) is 0.250. The van der Waals surface area contributed by atoms with Crippen molar-refractivity contribution in [3.63, 3.8) is 0 Å². The van der Waals surface area contributed by atoms with E-state index in [1.165, 1.54) is 23.5 Å². The molecule has 1 aliphatic rings. The average Bonchev–Trinajstić information content (AvgIpc) is 2.17. The van der Waals surface area contributed by atoms with E-state index in [0.29, 0.717) is 0 Å². The van der Waals surface area contributed by atoms with Crippen LogP contribution in [0.25, 0.3) is 0 Å². The topological polar surface area (TPSA) is 17.1 Å². The Morgan fingerprint density at radius 3 is 2.25 bits per heavy atom. The van der Waals surface area contributed by atoms with Gasteiger partial charge in [0.25, 0.3) is 0 Å². The first-order valence-electron chi connectivity index (χ1n) is 1.96. The van der Waals surface area contributed by atoms with Gasteiger partial charge in [0.1, 0.15) is 0 Å². The maximum Gasteiger partial charge on any atom is 0.167 e. The van der Waals surface area contributed by atoms with Gasteiger partial charge in [-0.15, -0.1) is 12.6 Å². The third-order valence-corrected chi connectivity index (χ3v) is 3.58. The molecule has 0 unspecified atom stereocenters. The minimum absolute atomic E-state index is 0.528. The smallest absolute Gasteiger partial charge is 0.167 e. The fourth-order valence-electron chi connectivity index (χ4n) is 0.334. The van der Waals surface area contributed by atoms with Crippen LogP contribution >= 0.6 is 36.2 Å². The van der Waals surface area contributed by atoms with Gasteiger partial charge in [-0.2, -0.15) is 0 Å². The van der Waals surface area contributed by atoms with Crippen LogP contribution < -0.4 is 0 Å². The molecule has 1 heterocycles. The molecule has 0 saturated carbocycles. The first kappa shape index (κ1) is 6.58. The highest BCUT2D eigenvalue weighted by Crippen LogP contribution is 2.45. The van der Waals surface area contributed by atoms with Crippen LogP contribution in [0.1, 0.15) is 0 Å². The van der Waals surface area contributed by atoms with Gasteiger partial charge in [0.15, 0.2) is 9.70 Å². The Morgan fingerprint density at radius 2 is 2.00 bits per heavy atom. The third-order valence-electron chi connectivity index (χ3n) is 0.678. The van der Waals surface area contributed by atoms with E-state index in [9.17, 15) is 4.79 Å². The maximum absolute atomic E-state index is 10.2. The SMILES string of the molecule is O=CC1(S)SC=CS1. The molecule has 0 aliphatic carbocycles. The molecule has 0 spiro atoms. The molecule has 44 valence electrons. The van der Waals surface area contributed by atoms with Gasteiger partial charge < -0.3 is 0 Å².